The average Bonchev–Trinajstić information content (AvgIpc) is 2.85. The number of benzene rings is 3. The Bertz CT molecular complexity index is 1120. The van der Waals surface area contributed by atoms with E-state index in [-0.39, 0.29) is 11.9 Å². The summed E-state index contributed by atoms with van der Waals surface area (Å²) in [6, 6.07) is 23.1. The first-order valence-corrected chi connectivity index (χ1v) is 11.4. The number of hydrogen-bond donors (Lipinski definition) is 2. The van der Waals surface area contributed by atoms with Crippen LogP contribution in [0.3, 0.4) is 0 Å². The van der Waals surface area contributed by atoms with Crippen molar-refractivity contribution in [1.29, 1.82) is 0 Å². The van der Waals surface area contributed by atoms with Crippen molar-refractivity contribution in [3.8, 4) is 0 Å². The predicted octanol–water partition coefficient (Wildman–Crippen LogP) is 5.16. The Balaban J connectivity index is 1.31. The Morgan fingerprint density at radius 2 is 1.48 bits per heavy atom. The fourth-order valence-corrected chi connectivity index (χ4v) is 4.14. The molecule has 1 aliphatic rings. The smallest absolute Gasteiger partial charge is 0.323 e. The summed E-state index contributed by atoms with van der Waals surface area (Å²) in [5.74, 6) is 0.1000. The second-order valence-electron chi connectivity index (χ2n) is 8.23. The lowest BCUT2D eigenvalue weighted by molar-refractivity contribution is 0.0746. The summed E-state index contributed by atoms with van der Waals surface area (Å²) in [5, 5.41) is 5.82. The minimum absolute atomic E-state index is 0.1000. The lowest BCUT2D eigenvalue weighted by atomic mass is 10.1. The molecule has 0 spiro atoms. The molecule has 1 heterocycles. The highest BCUT2D eigenvalue weighted by Gasteiger charge is 2.23. The van der Waals surface area contributed by atoms with Crippen LogP contribution in [-0.4, -0.2) is 43.0 Å². The van der Waals surface area contributed by atoms with Gasteiger partial charge in [0, 0.05) is 48.8 Å². The number of nitrogens with zero attached hydrogens (tertiary/aromatic N) is 2. The van der Waals surface area contributed by atoms with Gasteiger partial charge in [-0.05, 0) is 60.9 Å². The van der Waals surface area contributed by atoms with Crippen molar-refractivity contribution in [2.75, 3.05) is 41.7 Å². The first kappa shape index (κ1) is 22.4. The van der Waals surface area contributed by atoms with Gasteiger partial charge >= 0.3 is 6.03 Å². The third kappa shape index (κ3) is 5.34. The van der Waals surface area contributed by atoms with Crippen molar-refractivity contribution in [3.05, 3.63) is 89.5 Å². The molecule has 0 aromatic heterocycles. The number of hydrogen-bond acceptors (Lipinski definition) is 3. The van der Waals surface area contributed by atoms with Crippen molar-refractivity contribution in [3.63, 3.8) is 0 Å². The Kier molecular flexibility index (Phi) is 6.93. The van der Waals surface area contributed by atoms with E-state index in [0.29, 0.717) is 13.1 Å². The summed E-state index contributed by atoms with van der Waals surface area (Å²) in [6.07, 6.45) is 0.856. The van der Waals surface area contributed by atoms with E-state index in [1.165, 1.54) is 0 Å². The second kappa shape index (κ2) is 10.2. The van der Waals surface area contributed by atoms with E-state index < -0.39 is 0 Å². The van der Waals surface area contributed by atoms with E-state index >= 15 is 0 Å². The van der Waals surface area contributed by atoms with Crippen molar-refractivity contribution < 1.29 is 9.59 Å². The maximum Gasteiger partial charge on any atom is 0.323 e. The van der Waals surface area contributed by atoms with E-state index in [9.17, 15) is 9.59 Å². The van der Waals surface area contributed by atoms with Crippen molar-refractivity contribution in [1.82, 2.24) is 4.90 Å². The standard InChI is InChI=1S/C27H30N4O2/c1-3-21-9-5-7-11-25(21)29-27(33)28-22-12-14-23(15-13-22)30-16-18-31(19-17-30)26(32)24-10-6-4-8-20(24)2/h4-15H,3,16-19H2,1-2H3,(H2,28,29,33). The highest BCUT2D eigenvalue weighted by atomic mass is 16.2. The highest BCUT2D eigenvalue weighted by Crippen LogP contribution is 2.21. The van der Waals surface area contributed by atoms with Crippen LogP contribution in [0.2, 0.25) is 0 Å². The molecule has 2 N–H and O–H groups in total. The quantitative estimate of drug-likeness (QED) is 0.573. The van der Waals surface area contributed by atoms with Gasteiger partial charge < -0.3 is 20.4 Å². The topological polar surface area (TPSA) is 64.7 Å². The molecule has 0 unspecified atom stereocenters. The molecule has 170 valence electrons. The van der Waals surface area contributed by atoms with Gasteiger partial charge in [0.15, 0.2) is 0 Å². The van der Waals surface area contributed by atoms with Gasteiger partial charge in [-0.3, -0.25) is 4.79 Å². The largest absolute Gasteiger partial charge is 0.368 e. The zero-order chi connectivity index (χ0) is 23.2. The molecular formula is C27H30N4O2. The first-order valence-electron chi connectivity index (χ1n) is 11.4. The van der Waals surface area contributed by atoms with Crippen LogP contribution in [0, 0.1) is 6.92 Å². The summed E-state index contributed by atoms with van der Waals surface area (Å²) in [4.78, 5) is 29.4. The molecule has 0 bridgehead atoms. The van der Waals surface area contributed by atoms with Crippen LogP contribution in [0.25, 0.3) is 0 Å². The lowest BCUT2D eigenvalue weighted by Crippen LogP contribution is -2.48. The summed E-state index contributed by atoms with van der Waals surface area (Å²) >= 11 is 0. The number of carbonyl (C=O) groups excluding carboxylic acids is 2. The predicted molar refractivity (Wildman–Crippen MR) is 134 cm³/mol. The highest BCUT2D eigenvalue weighted by molar-refractivity contribution is 6.00. The zero-order valence-corrected chi connectivity index (χ0v) is 19.2. The maximum absolute atomic E-state index is 12.8. The first-order chi connectivity index (χ1) is 16.0. The molecule has 33 heavy (non-hydrogen) atoms. The summed E-state index contributed by atoms with van der Waals surface area (Å²) in [6.45, 7) is 6.97. The van der Waals surface area contributed by atoms with E-state index in [1.54, 1.807) is 0 Å². The van der Waals surface area contributed by atoms with Crippen LogP contribution in [0.4, 0.5) is 21.9 Å². The number of carbonyl (C=O) groups is 2. The van der Waals surface area contributed by atoms with Crippen molar-refractivity contribution >= 4 is 29.0 Å². The van der Waals surface area contributed by atoms with Gasteiger partial charge in [0.05, 0.1) is 0 Å². The van der Waals surface area contributed by atoms with Crippen LogP contribution < -0.4 is 15.5 Å². The van der Waals surface area contributed by atoms with Gasteiger partial charge in [-0.25, -0.2) is 4.79 Å². The molecule has 6 nitrogen and oxygen atoms in total. The molecule has 6 heteroatoms. The molecule has 1 aliphatic heterocycles. The van der Waals surface area contributed by atoms with Crippen LogP contribution in [0.1, 0.15) is 28.4 Å². The van der Waals surface area contributed by atoms with E-state index in [1.807, 2.05) is 84.6 Å². The molecule has 0 saturated carbocycles. The fraction of sp³-hybridized carbons (Fsp3) is 0.259. The van der Waals surface area contributed by atoms with E-state index in [0.717, 1.165) is 53.3 Å². The Hall–Kier alpha value is -3.80. The third-order valence-electron chi connectivity index (χ3n) is 6.08. The third-order valence-corrected chi connectivity index (χ3v) is 6.08. The molecule has 1 saturated heterocycles. The molecule has 0 radical (unpaired) electrons. The number of para-hydroxylation sites is 1. The molecular weight excluding hydrogens is 412 g/mol. The average molecular weight is 443 g/mol. The van der Waals surface area contributed by atoms with Crippen molar-refractivity contribution in [2.45, 2.75) is 20.3 Å². The van der Waals surface area contributed by atoms with Crippen LogP contribution in [-0.2, 0) is 6.42 Å². The van der Waals surface area contributed by atoms with Gasteiger partial charge in [-0.15, -0.1) is 0 Å². The minimum Gasteiger partial charge on any atom is -0.368 e. The van der Waals surface area contributed by atoms with E-state index in [2.05, 4.69) is 22.5 Å². The van der Waals surface area contributed by atoms with Gasteiger partial charge in [0.25, 0.3) is 5.91 Å². The van der Waals surface area contributed by atoms with Gasteiger partial charge in [-0.2, -0.15) is 0 Å². The van der Waals surface area contributed by atoms with Crippen LogP contribution in [0.15, 0.2) is 72.8 Å². The summed E-state index contributed by atoms with van der Waals surface area (Å²) < 4.78 is 0. The van der Waals surface area contributed by atoms with Gasteiger partial charge in [0.2, 0.25) is 0 Å². The number of amides is 3. The van der Waals surface area contributed by atoms with E-state index in [4.69, 9.17) is 0 Å². The molecule has 4 rings (SSSR count). The summed E-state index contributed by atoms with van der Waals surface area (Å²) in [5.41, 5.74) is 5.53. The molecule has 3 aromatic carbocycles. The number of nitrogens with one attached hydrogen (secondary N) is 2. The minimum atomic E-state index is -0.257. The molecule has 0 atom stereocenters. The molecule has 3 amide bonds. The number of urea groups is 1. The number of aryl methyl sites for hydroxylation is 2. The van der Waals surface area contributed by atoms with Crippen LogP contribution >= 0.6 is 0 Å². The zero-order valence-electron chi connectivity index (χ0n) is 19.2. The van der Waals surface area contributed by atoms with Crippen LogP contribution in [0.5, 0.6) is 0 Å². The monoisotopic (exact) mass is 442 g/mol. The van der Waals surface area contributed by atoms with Crippen molar-refractivity contribution in [2.24, 2.45) is 0 Å². The Labute approximate surface area is 195 Å². The van der Waals surface area contributed by atoms with Gasteiger partial charge in [0.1, 0.15) is 0 Å². The molecule has 3 aromatic rings. The number of piperazine rings is 1. The lowest BCUT2D eigenvalue weighted by Gasteiger charge is -2.36. The Morgan fingerprint density at radius 3 is 2.18 bits per heavy atom. The molecule has 0 aliphatic carbocycles. The van der Waals surface area contributed by atoms with Gasteiger partial charge in [-0.1, -0.05) is 43.3 Å². The maximum atomic E-state index is 12.8. The number of rotatable bonds is 5. The summed E-state index contributed by atoms with van der Waals surface area (Å²) in [7, 11) is 0. The SMILES string of the molecule is CCc1ccccc1NC(=O)Nc1ccc(N2CCN(C(=O)c3ccccc3C)CC2)cc1. The number of anilines is 3. The molecule has 1 fully saturated rings. The Morgan fingerprint density at radius 1 is 0.818 bits per heavy atom. The fourth-order valence-electron chi connectivity index (χ4n) is 4.14. The second-order valence-corrected chi connectivity index (χ2v) is 8.23. The normalized spacial score (nSPS) is 13.5.